The van der Waals surface area contributed by atoms with Gasteiger partial charge in [-0.3, -0.25) is 4.99 Å². The van der Waals surface area contributed by atoms with E-state index in [0.29, 0.717) is 32.8 Å². The van der Waals surface area contributed by atoms with Crippen molar-refractivity contribution in [3.05, 3.63) is 29.3 Å². The van der Waals surface area contributed by atoms with E-state index in [4.69, 9.17) is 19.2 Å². The summed E-state index contributed by atoms with van der Waals surface area (Å²) in [6, 6.07) is 6.50. The number of aliphatic imine (C=N–C) groups is 1. The third-order valence-electron chi connectivity index (χ3n) is 5.70. The summed E-state index contributed by atoms with van der Waals surface area (Å²) in [5.41, 5.74) is 1.80. The van der Waals surface area contributed by atoms with E-state index in [9.17, 15) is 4.79 Å². The fourth-order valence-corrected chi connectivity index (χ4v) is 4.10. The highest BCUT2D eigenvalue weighted by Crippen LogP contribution is 2.25. The minimum atomic E-state index is -0.481. The number of nitrogens with zero attached hydrogens (tertiary/aromatic N) is 3. The molecule has 0 spiro atoms. The molecule has 31 heavy (non-hydrogen) atoms. The van der Waals surface area contributed by atoms with Crippen LogP contribution in [0.4, 0.5) is 4.79 Å². The smallest absolute Gasteiger partial charge is 0.410 e. The summed E-state index contributed by atoms with van der Waals surface area (Å²) < 4.78 is 17.2. The van der Waals surface area contributed by atoms with E-state index < -0.39 is 5.60 Å². The van der Waals surface area contributed by atoms with Gasteiger partial charge in [-0.15, -0.1) is 0 Å². The standard InChI is InChI=1S/C23H34N4O4/c1-16-5-6-17(20(11-16)30-19-7-10-29-15-19)12-24-21-25-13-18-14-26(8-9-27(18)21)22(28)31-23(2,3)4/h5-6,11,18-19H,7-10,12-15H2,1-4H3,(H,24,25). The lowest BCUT2D eigenvalue weighted by atomic mass is 10.1. The molecule has 2 saturated heterocycles. The van der Waals surface area contributed by atoms with Gasteiger partial charge < -0.3 is 29.3 Å². The number of piperazine rings is 1. The first-order valence-electron chi connectivity index (χ1n) is 11.2. The van der Waals surface area contributed by atoms with Crippen molar-refractivity contribution in [2.24, 2.45) is 4.99 Å². The number of aryl methyl sites for hydroxylation is 1. The highest BCUT2D eigenvalue weighted by atomic mass is 16.6. The molecular formula is C23H34N4O4. The van der Waals surface area contributed by atoms with Gasteiger partial charge >= 0.3 is 6.09 Å². The normalized spacial score (nSPS) is 23.4. The Hall–Kier alpha value is -2.48. The predicted molar refractivity (Wildman–Crippen MR) is 118 cm³/mol. The van der Waals surface area contributed by atoms with Crippen molar-refractivity contribution in [2.45, 2.75) is 58.4 Å². The molecule has 0 bridgehead atoms. The third kappa shape index (κ3) is 5.42. The van der Waals surface area contributed by atoms with Crippen molar-refractivity contribution in [3.63, 3.8) is 0 Å². The Bertz CT molecular complexity index is 829. The average Bonchev–Trinajstić information content (AvgIpc) is 3.35. The van der Waals surface area contributed by atoms with Gasteiger partial charge in [-0.1, -0.05) is 12.1 Å². The largest absolute Gasteiger partial charge is 0.488 e. The van der Waals surface area contributed by atoms with Gasteiger partial charge in [0.1, 0.15) is 17.5 Å². The topological polar surface area (TPSA) is 75.6 Å². The number of hydrogen-bond donors (Lipinski definition) is 1. The van der Waals surface area contributed by atoms with Crippen LogP contribution in [-0.2, 0) is 16.0 Å². The molecule has 1 aromatic carbocycles. The van der Waals surface area contributed by atoms with E-state index in [0.717, 1.165) is 36.8 Å². The zero-order chi connectivity index (χ0) is 22.0. The molecule has 3 aliphatic heterocycles. The van der Waals surface area contributed by atoms with Crippen LogP contribution < -0.4 is 10.1 Å². The van der Waals surface area contributed by atoms with Crippen LogP contribution in [0.2, 0.25) is 0 Å². The second-order valence-corrected chi connectivity index (χ2v) is 9.51. The molecular weight excluding hydrogens is 396 g/mol. The Labute approximate surface area is 184 Å². The molecule has 3 heterocycles. The first-order valence-corrected chi connectivity index (χ1v) is 11.2. The Balaban J connectivity index is 1.33. The molecule has 0 aliphatic carbocycles. The highest BCUT2D eigenvalue weighted by Gasteiger charge is 2.36. The average molecular weight is 431 g/mol. The molecule has 1 amide bonds. The Kier molecular flexibility index (Phi) is 6.27. The van der Waals surface area contributed by atoms with Crippen LogP contribution in [0.25, 0.3) is 0 Å². The first kappa shape index (κ1) is 21.7. The van der Waals surface area contributed by atoms with Crippen molar-refractivity contribution in [3.8, 4) is 5.75 Å². The summed E-state index contributed by atoms with van der Waals surface area (Å²) in [5.74, 6) is 1.80. The molecule has 2 unspecified atom stereocenters. The maximum absolute atomic E-state index is 12.4. The van der Waals surface area contributed by atoms with Crippen LogP contribution in [-0.4, -0.2) is 79.0 Å². The molecule has 0 saturated carbocycles. The van der Waals surface area contributed by atoms with E-state index in [-0.39, 0.29) is 18.2 Å². The van der Waals surface area contributed by atoms with Gasteiger partial charge in [0.25, 0.3) is 0 Å². The molecule has 0 aromatic heterocycles. The summed E-state index contributed by atoms with van der Waals surface area (Å²) in [6.45, 7) is 12.5. The van der Waals surface area contributed by atoms with E-state index in [1.54, 1.807) is 4.90 Å². The fourth-order valence-electron chi connectivity index (χ4n) is 4.10. The van der Waals surface area contributed by atoms with Crippen LogP contribution in [0.3, 0.4) is 0 Å². The van der Waals surface area contributed by atoms with Crippen molar-refractivity contribution in [1.29, 1.82) is 0 Å². The molecule has 8 heteroatoms. The predicted octanol–water partition coefficient (Wildman–Crippen LogP) is 2.54. The van der Waals surface area contributed by atoms with E-state index in [1.807, 2.05) is 20.8 Å². The van der Waals surface area contributed by atoms with Crippen LogP contribution >= 0.6 is 0 Å². The van der Waals surface area contributed by atoms with E-state index >= 15 is 0 Å². The van der Waals surface area contributed by atoms with Gasteiger partial charge in [0.15, 0.2) is 5.96 Å². The summed E-state index contributed by atoms with van der Waals surface area (Å²) in [7, 11) is 0. The molecule has 1 aromatic rings. The van der Waals surface area contributed by atoms with Crippen LogP contribution in [0.15, 0.2) is 23.2 Å². The molecule has 0 radical (unpaired) electrons. The van der Waals surface area contributed by atoms with Gasteiger partial charge in [0, 0.05) is 38.2 Å². The maximum Gasteiger partial charge on any atom is 0.410 e. The minimum Gasteiger partial charge on any atom is -0.488 e. The maximum atomic E-state index is 12.4. The number of carbonyl (C=O) groups is 1. The van der Waals surface area contributed by atoms with Crippen LogP contribution in [0, 0.1) is 6.92 Å². The van der Waals surface area contributed by atoms with Crippen molar-refractivity contribution >= 4 is 12.1 Å². The SMILES string of the molecule is Cc1ccc(CNC2=NCC3CN(C(=O)OC(C)(C)C)CCN23)c(OC2CCOC2)c1. The molecule has 4 rings (SSSR count). The van der Waals surface area contributed by atoms with Gasteiger partial charge in [-0.25, -0.2) is 4.79 Å². The van der Waals surface area contributed by atoms with E-state index in [1.165, 1.54) is 5.56 Å². The molecule has 1 N–H and O–H groups in total. The number of carbonyl (C=O) groups excluding carboxylic acids is 1. The second-order valence-electron chi connectivity index (χ2n) is 9.51. The summed E-state index contributed by atoms with van der Waals surface area (Å²) in [4.78, 5) is 21.2. The second kappa shape index (κ2) is 8.94. The highest BCUT2D eigenvalue weighted by molar-refractivity contribution is 5.82. The van der Waals surface area contributed by atoms with Gasteiger partial charge in [-0.2, -0.15) is 0 Å². The van der Waals surface area contributed by atoms with Crippen molar-refractivity contribution < 1.29 is 19.0 Å². The number of rotatable bonds is 4. The number of benzene rings is 1. The van der Waals surface area contributed by atoms with Crippen molar-refractivity contribution in [1.82, 2.24) is 15.1 Å². The lowest BCUT2D eigenvalue weighted by Gasteiger charge is -2.39. The Morgan fingerprint density at radius 2 is 2.16 bits per heavy atom. The number of amides is 1. The number of ether oxygens (including phenoxy) is 3. The molecule has 2 atom stereocenters. The third-order valence-corrected chi connectivity index (χ3v) is 5.70. The van der Waals surface area contributed by atoms with E-state index in [2.05, 4.69) is 35.3 Å². The number of guanidine groups is 1. The zero-order valence-electron chi connectivity index (χ0n) is 19.0. The monoisotopic (exact) mass is 430 g/mol. The van der Waals surface area contributed by atoms with Gasteiger partial charge in [0.2, 0.25) is 0 Å². The van der Waals surface area contributed by atoms with Crippen LogP contribution in [0.1, 0.15) is 38.3 Å². The summed E-state index contributed by atoms with van der Waals surface area (Å²) >= 11 is 0. The van der Waals surface area contributed by atoms with Gasteiger partial charge in [-0.05, 0) is 39.3 Å². The zero-order valence-corrected chi connectivity index (χ0v) is 19.0. The Morgan fingerprint density at radius 1 is 1.32 bits per heavy atom. The minimum absolute atomic E-state index is 0.120. The quantitative estimate of drug-likeness (QED) is 0.791. The van der Waals surface area contributed by atoms with Crippen molar-refractivity contribution in [2.75, 3.05) is 39.4 Å². The molecule has 8 nitrogen and oxygen atoms in total. The van der Waals surface area contributed by atoms with Crippen LogP contribution in [0.5, 0.6) is 5.75 Å². The summed E-state index contributed by atoms with van der Waals surface area (Å²) in [6.07, 6.45) is 0.803. The lowest BCUT2D eigenvalue weighted by molar-refractivity contribution is 0.0137. The molecule has 2 fully saturated rings. The molecule has 170 valence electrons. The number of hydrogen-bond acceptors (Lipinski definition) is 7. The number of fused-ring (bicyclic) bond motifs is 1. The lowest BCUT2D eigenvalue weighted by Crippen LogP contribution is -2.57. The van der Waals surface area contributed by atoms with Gasteiger partial charge in [0.05, 0.1) is 25.8 Å². The first-order chi connectivity index (χ1) is 14.8. The number of nitrogens with one attached hydrogen (secondary N) is 1. The summed E-state index contributed by atoms with van der Waals surface area (Å²) in [5, 5.41) is 3.49. The Morgan fingerprint density at radius 3 is 2.90 bits per heavy atom. The molecule has 3 aliphatic rings. The fraction of sp³-hybridized carbons (Fsp3) is 0.652.